The summed E-state index contributed by atoms with van der Waals surface area (Å²) in [5, 5.41) is 12.1. The fraction of sp³-hybridized carbons (Fsp3) is 0.417. The van der Waals surface area contributed by atoms with Gasteiger partial charge in [-0.1, -0.05) is 0 Å². The summed E-state index contributed by atoms with van der Waals surface area (Å²) >= 11 is 0. The number of carboxylic acids is 1. The summed E-state index contributed by atoms with van der Waals surface area (Å²) in [6.07, 6.45) is 0.933. The Kier molecular flexibility index (Phi) is 3.17. The molecule has 1 heterocycles. The highest BCUT2D eigenvalue weighted by atomic mass is 19.1. The third-order valence-electron chi connectivity index (χ3n) is 3.00. The van der Waals surface area contributed by atoms with Crippen LogP contribution in [-0.2, 0) is 11.2 Å². The van der Waals surface area contributed by atoms with Crippen LogP contribution in [0.2, 0.25) is 0 Å². The van der Waals surface area contributed by atoms with Crippen LogP contribution < -0.4 is 10.1 Å². The SMILES string of the molecule is COc1cc2c(cc1F)NCCC(C(=O)O)C2. The summed E-state index contributed by atoms with van der Waals surface area (Å²) in [6, 6.07) is 2.93. The first kappa shape index (κ1) is 11.7. The van der Waals surface area contributed by atoms with Crippen molar-refractivity contribution in [2.24, 2.45) is 5.92 Å². The molecular formula is C12H14FNO3. The molecule has 0 saturated carbocycles. The zero-order valence-electron chi connectivity index (χ0n) is 9.50. The van der Waals surface area contributed by atoms with Crippen LogP contribution in [0.15, 0.2) is 12.1 Å². The zero-order valence-corrected chi connectivity index (χ0v) is 9.50. The molecular weight excluding hydrogens is 225 g/mol. The van der Waals surface area contributed by atoms with E-state index in [4.69, 9.17) is 9.84 Å². The zero-order chi connectivity index (χ0) is 12.4. The van der Waals surface area contributed by atoms with Gasteiger partial charge in [0.05, 0.1) is 13.0 Å². The number of methoxy groups -OCH3 is 1. The molecule has 0 fully saturated rings. The summed E-state index contributed by atoms with van der Waals surface area (Å²) < 4.78 is 18.4. The minimum atomic E-state index is -0.817. The smallest absolute Gasteiger partial charge is 0.306 e. The topological polar surface area (TPSA) is 58.6 Å². The van der Waals surface area contributed by atoms with Crippen molar-refractivity contribution in [3.8, 4) is 5.75 Å². The van der Waals surface area contributed by atoms with Crippen LogP contribution >= 0.6 is 0 Å². The largest absolute Gasteiger partial charge is 0.494 e. The highest BCUT2D eigenvalue weighted by molar-refractivity contribution is 5.72. The second-order valence-corrected chi connectivity index (χ2v) is 4.10. The number of benzene rings is 1. The number of halogens is 1. The van der Waals surface area contributed by atoms with Gasteiger partial charge >= 0.3 is 5.97 Å². The standard InChI is InChI=1S/C12H14FNO3/c1-17-11-5-8-4-7(12(15)16)2-3-14-10(8)6-9(11)13/h5-7,14H,2-4H2,1H3,(H,15,16). The number of rotatable bonds is 2. The van der Waals surface area contributed by atoms with Crippen molar-refractivity contribution in [1.82, 2.24) is 0 Å². The predicted octanol–water partition coefficient (Wildman–Crippen LogP) is 1.89. The fourth-order valence-corrected chi connectivity index (χ4v) is 2.04. The van der Waals surface area contributed by atoms with Crippen LogP contribution in [0.5, 0.6) is 5.75 Å². The molecule has 0 bridgehead atoms. The molecule has 1 aromatic rings. The summed E-state index contributed by atoms with van der Waals surface area (Å²) in [6.45, 7) is 0.537. The number of nitrogens with one attached hydrogen (secondary N) is 1. The monoisotopic (exact) mass is 239 g/mol. The van der Waals surface area contributed by atoms with Crippen molar-refractivity contribution in [1.29, 1.82) is 0 Å². The van der Waals surface area contributed by atoms with Gasteiger partial charge in [-0.25, -0.2) is 4.39 Å². The highest BCUT2D eigenvalue weighted by Crippen LogP contribution is 2.30. The average Bonchev–Trinajstić information content (AvgIpc) is 2.49. The summed E-state index contributed by atoms with van der Waals surface area (Å²) in [4.78, 5) is 11.0. The van der Waals surface area contributed by atoms with E-state index in [0.717, 1.165) is 5.56 Å². The second-order valence-electron chi connectivity index (χ2n) is 4.10. The van der Waals surface area contributed by atoms with E-state index in [0.29, 0.717) is 25.1 Å². The van der Waals surface area contributed by atoms with Crippen LogP contribution in [0.1, 0.15) is 12.0 Å². The lowest BCUT2D eigenvalue weighted by Crippen LogP contribution is -2.16. The molecule has 0 spiro atoms. The Morgan fingerprint density at radius 1 is 1.59 bits per heavy atom. The van der Waals surface area contributed by atoms with E-state index >= 15 is 0 Å². The molecule has 92 valence electrons. The van der Waals surface area contributed by atoms with Gasteiger partial charge in [-0.3, -0.25) is 4.79 Å². The van der Waals surface area contributed by atoms with E-state index in [-0.39, 0.29) is 5.75 Å². The van der Waals surface area contributed by atoms with Gasteiger partial charge in [-0.2, -0.15) is 0 Å². The van der Waals surface area contributed by atoms with Crippen molar-refractivity contribution in [2.45, 2.75) is 12.8 Å². The number of fused-ring (bicyclic) bond motifs is 1. The van der Waals surface area contributed by atoms with E-state index in [1.807, 2.05) is 0 Å². The minimum absolute atomic E-state index is 0.150. The van der Waals surface area contributed by atoms with Crippen molar-refractivity contribution >= 4 is 11.7 Å². The number of ether oxygens (including phenoxy) is 1. The van der Waals surface area contributed by atoms with Crippen molar-refractivity contribution in [2.75, 3.05) is 19.0 Å². The lowest BCUT2D eigenvalue weighted by atomic mass is 9.97. The van der Waals surface area contributed by atoms with E-state index in [1.54, 1.807) is 6.07 Å². The number of hydrogen-bond acceptors (Lipinski definition) is 3. The van der Waals surface area contributed by atoms with E-state index in [9.17, 15) is 9.18 Å². The third kappa shape index (κ3) is 2.33. The van der Waals surface area contributed by atoms with Crippen LogP contribution in [0.3, 0.4) is 0 Å². The number of carbonyl (C=O) groups is 1. The fourth-order valence-electron chi connectivity index (χ4n) is 2.04. The quantitative estimate of drug-likeness (QED) is 0.827. The van der Waals surface area contributed by atoms with Crippen LogP contribution in [0.4, 0.5) is 10.1 Å². The molecule has 1 aromatic carbocycles. The molecule has 4 nitrogen and oxygen atoms in total. The van der Waals surface area contributed by atoms with Crippen LogP contribution in [-0.4, -0.2) is 24.7 Å². The van der Waals surface area contributed by atoms with Gasteiger partial charge in [-0.05, 0) is 24.5 Å². The Hall–Kier alpha value is -1.78. The number of carboxylic acid groups (broad SMARTS) is 1. The summed E-state index contributed by atoms with van der Waals surface area (Å²) in [5.74, 6) is -1.54. The Labute approximate surface area is 98.4 Å². The van der Waals surface area contributed by atoms with E-state index in [1.165, 1.54) is 13.2 Å². The molecule has 5 heteroatoms. The van der Waals surface area contributed by atoms with Gasteiger partial charge in [-0.15, -0.1) is 0 Å². The maximum absolute atomic E-state index is 13.5. The molecule has 2 rings (SSSR count). The third-order valence-corrected chi connectivity index (χ3v) is 3.00. The lowest BCUT2D eigenvalue weighted by molar-refractivity contribution is -0.141. The Balaban J connectivity index is 2.37. The molecule has 0 saturated heterocycles. The van der Waals surface area contributed by atoms with Gasteiger partial charge in [0.2, 0.25) is 0 Å². The normalized spacial score (nSPS) is 18.8. The van der Waals surface area contributed by atoms with Crippen molar-refractivity contribution in [3.05, 3.63) is 23.5 Å². The minimum Gasteiger partial charge on any atom is -0.494 e. The molecule has 2 N–H and O–H groups in total. The van der Waals surface area contributed by atoms with Gasteiger partial charge < -0.3 is 15.2 Å². The molecule has 1 aliphatic heterocycles. The van der Waals surface area contributed by atoms with E-state index < -0.39 is 17.7 Å². The molecule has 0 amide bonds. The first-order chi connectivity index (χ1) is 8.11. The lowest BCUT2D eigenvalue weighted by Gasteiger charge is -2.11. The summed E-state index contributed by atoms with van der Waals surface area (Å²) in [7, 11) is 1.39. The molecule has 1 unspecified atom stereocenters. The number of anilines is 1. The van der Waals surface area contributed by atoms with Gasteiger partial charge in [0.15, 0.2) is 11.6 Å². The van der Waals surface area contributed by atoms with Crippen molar-refractivity contribution in [3.63, 3.8) is 0 Å². The Morgan fingerprint density at radius 3 is 3.00 bits per heavy atom. The van der Waals surface area contributed by atoms with Gasteiger partial charge in [0, 0.05) is 18.3 Å². The number of hydrogen-bond donors (Lipinski definition) is 2. The maximum atomic E-state index is 13.5. The first-order valence-electron chi connectivity index (χ1n) is 5.45. The second kappa shape index (κ2) is 4.61. The van der Waals surface area contributed by atoms with Crippen LogP contribution in [0.25, 0.3) is 0 Å². The van der Waals surface area contributed by atoms with Gasteiger partial charge in [0.25, 0.3) is 0 Å². The Morgan fingerprint density at radius 2 is 2.35 bits per heavy atom. The molecule has 0 aromatic heterocycles. The Bertz CT molecular complexity index is 448. The first-order valence-corrected chi connectivity index (χ1v) is 5.45. The van der Waals surface area contributed by atoms with Gasteiger partial charge in [0.1, 0.15) is 0 Å². The molecule has 1 atom stereocenters. The predicted molar refractivity (Wildman–Crippen MR) is 60.9 cm³/mol. The summed E-state index contributed by atoms with van der Waals surface area (Å²) in [5.41, 5.74) is 1.44. The molecule has 0 aliphatic carbocycles. The van der Waals surface area contributed by atoms with E-state index in [2.05, 4.69) is 5.32 Å². The maximum Gasteiger partial charge on any atom is 0.306 e. The molecule has 17 heavy (non-hydrogen) atoms. The molecule has 1 aliphatic rings. The molecule has 0 radical (unpaired) electrons. The average molecular weight is 239 g/mol. The number of aliphatic carboxylic acids is 1. The van der Waals surface area contributed by atoms with Crippen molar-refractivity contribution < 1.29 is 19.0 Å². The highest BCUT2D eigenvalue weighted by Gasteiger charge is 2.23. The van der Waals surface area contributed by atoms with Crippen LogP contribution in [0, 0.1) is 11.7 Å².